The summed E-state index contributed by atoms with van der Waals surface area (Å²) >= 11 is 6.20. The molecule has 0 aliphatic carbocycles. The van der Waals surface area contributed by atoms with Crippen LogP contribution in [-0.2, 0) is 11.3 Å². The summed E-state index contributed by atoms with van der Waals surface area (Å²) in [6, 6.07) is 3.69. The zero-order chi connectivity index (χ0) is 14.5. The van der Waals surface area contributed by atoms with Gasteiger partial charge in [0.15, 0.2) is 11.5 Å². The molecule has 1 aliphatic rings. The number of hydrogen-bond acceptors (Lipinski definition) is 3. The molecule has 4 nitrogen and oxygen atoms in total. The van der Waals surface area contributed by atoms with Crippen molar-refractivity contribution in [3.8, 4) is 11.5 Å². The minimum atomic E-state index is 0.0447. The number of halogens is 1. The van der Waals surface area contributed by atoms with Crippen LogP contribution in [0.5, 0.6) is 11.5 Å². The molecule has 0 spiro atoms. The number of benzene rings is 1. The summed E-state index contributed by atoms with van der Waals surface area (Å²) in [5, 5.41) is 3.41. The fraction of sp³-hybridized carbons (Fsp3) is 0.533. The van der Waals surface area contributed by atoms with Crippen molar-refractivity contribution in [1.82, 2.24) is 5.32 Å². The Morgan fingerprint density at radius 1 is 1.35 bits per heavy atom. The van der Waals surface area contributed by atoms with Crippen LogP contribution >= 0.6 is 11.6 Å². The standard InChI is InChI=1S/C15H20ClNO3/c1-10(2)6-14(18)17-9-11-7-12(16)15-13(8-11)19-4-3-5-20-15/h7-8,10H,3-6,9H2,1-2H3,(H,17,18). The Hall–Kier alpha value is -1.42. The van der Waals surface area contributed by atoms with Gasteiger partial charge in [0.1, 0.15) is 0 Å². The smallest absolute Gasteiger partial charge is 0.220 e. The molecule has 110 valence electrons. The first-order valence-electron chi connectivity index (χ1n) is 6.91. The van der Waals surface area contributed by atoms with Gasteiger partial charge in [-0.3, -0.25) is 4.79 Å². The van der Waals surface area contributed by atoms with Crippen LogP contribution in [0.2, 0.25) is 5.02 Å². The average Bonchev–Trinajstić information content (AvgIpc) is 2.61. The van der Waals surface area contributed by atoms with Crippen molar-refractivity contribution in [3.63, 3.8) is 0 Å². The Morgan fingerprint density at radius 2 is 2.10 bits per heavy atom. The van der Waals surface area contributed by atoms with Gasteiger partial charge in [0.05, 0.1) is 18.2 Å². The summed E-state index contributed by atoms with van der Waals surface area (Å²) in [6.07, 6.45) is 1.36. The molecule has 20 heavy (non-hydrogen) atoms. The monoisotopic (exact) mass is 297 g/mol. The number of fused-ring (bicyclic) bond motifs is 1. The van der Waals surface area contributed by atoms with Gasteiger partial charge in [-0.15, -0.1) is 0 Å². The number of amides is 1. The Balaban J connectivity index is 2.04. The molecule has 5 heteroatoms. The highest BCUT2D eigenvalue weighted by molar-refractivity contribution is 6.32. The molecule has 0 atom stereocenters. The highest BCUT2D eigenvalue weighted by atomic mass is 35.5. The second kappa shape index (κ2) is 6.84. The van der Waals surface area contributed by atoms with Gasteiger partial charge in [0.2, 0.25) is 5.91 Å². The van der Waals surface area contributed by atoms with Gasteiger partial charge in [-0.25, -0.2) is 0 Å². The number of hydrogen-bond donors (Lipinski definition) is 1. The third kappa shape index (κ3) is 4.04. The molecule has 1 aliphatic heterocycles. The largest absolute Gasteiger partial charge is 0.489 e. The molecule has 1 heterocycles. The Morgan fingerprint density at radius 3 is 2.85 bits per heavy atom. The molecule has 0 bridgehead atoms. The predicted molar refractivity (Wildman–Crippen MR) is 78.4 cm³/mol. The van der Waals surface area contributed by atoms with Crippen LogP contribution in [0, 0.1) is 5.92 Å². The van der Waals surface area contributed by atoms with Crippen molar-refractivity contribution in [1.29, 1.82) is 0 Å². The first-order chi connectivity index (χ1) is 9.56. The number of carbonyl (C=O) groups excluding carboxylic acids is 1. The van der Waals surface area contributed by atoms with Gasteiger partial charge in [0, 0.05) is 19.4 Å². The summed E-state index contributed by atoms with van der Waals surface area (Å²) in [5.41, 5.74) is 0.913. The third-order valence-electron chi connectivity index (χ3n) is 2.95. The topological polar surface area (TPSA) is 47.6 Å². The predicted octanol–water partition coefficient (Wildman–Crippen LogP) is 3.16. The highest BCUT2D eigenvalue weighted by Gasteiger charge is 2.15. The van der Waals surface area contributed by atoms with E-state index in [1.54, 1.807) is 0 Å². The average molecular weight is 298 g/mol. The molecule has 1 aromatic carbocycles. The lowest BCUT2D eigenvalue weighted by atomic mass is 10.1. The van der Waals surface area contributed by atoms with Crippen LogP contribution in [0.1, 0.15) is 32.3 Å². The lowest BCUT2D eigenvalue weighted by Crippen LogP contribution is -2.23. The molecule has 1 aromatic rings. The van der Waals surface area contributed by atoms with Crippen LogP contribution in [-0.4, -0.2) is 19.1 Å². The van der Waals surface area contributed by atoms with Crippen molar-refractivity contribution in [3.05, 3.63) is 22.7 Å². The Labute approximate surface area is 124 Å². The van der Waals surface area contributed by atoms with Crippen molar-refractivity contribution < 1.29 is 14.3 Å². The van der Waals surface area contributed by atoms with Crippen LogP contribution in [0.15, 0.2) is 12.1 Å². The van der Waals surface area contributed by atoms with Gasteiger partial charge in [0.25, 0.3) is 0 Å². The van der Waals surface area contributed by atoms with Crippen LogP contribution in [0.3, 0.4) is 0 Å². The Bertz CT molecular complexity index is 488. The van der Waals surface area contributed by atoms with Crippen molar-refractivity contribution in [2.75, 3.05) is 13.2 Å². The maximum absolute atomic E-state index is 11.7. The minimum Gasteiger partial charge on any atom is -0.489 e. The van der Waals surface area contributed by atoms with E-state index in [4.69, 9.17) is 21.1 Å². The molecule has 1 amide bonds. The third-order valence-corrected chi connectivity index (χ3v) is 3.23. The van der Waals surface area contributed by atoms with E-state index >= 15 is 0 Å². The van der Waals surface area contributed by atoms with Crippen molar-refractivity contribution >= 4 is 17.5 Å². The summed E-state index contributed by atoms with van der Waals surface area (Å²) in [4.78, 5) is 11.7. The number of carbonyl (C=O) groups is 1. The molecule has 0 unspecified atom stereocenters. The van der Waals surface area contributed by atoms with Gasteiger partial charge in [-0.2, -0.15) is 0 Å². The first-order valence-corrected chi connectivity index (χ1v) is 7.28. The SMILES string of the molecule is CC(C)CC(=O)NCc1cc(Cl)c2c(c1)OCCCO2. The number of ether oxygens (including phenoxy) is 2. The van der Waals surface area contributed by atoms with Gasteiger partial charge >= 0.3 is 0 Å². The lowest BCUT2D eigenvalue weighted by Gasteiger charge is -2.12. The van der Waals surface area contributed by atoms with E-state index in [0.29, 0.717) is 48.6 Å². The fourth-order valence-corrected chi connectivity index (χ4v) is 2.32. The molecular formula is C15H20ClNO3. The van der Waals surface area contributed by atoms with Crippen LogP contribution in [0.25, 0.3) is 0 Å². The maximum atomic E-state index is 11.7. The lowest BCUT2D eigenvalue weighted by molar-refractivity contribution is -0.121. The molecule has 0 radical (unpaired) electrons. The molecule has 0 fully saturated rings. The molecular weight excluding hydrogens is 278 g/mol. The second-order valence-electron chi connectivity index (χ2n) is 5.33. The molecule has 2 rings (SSSR count). The van der Waals surface area contributed by atoms with E-state index in [0.717, 1.165) is 12.0 Å². The summed E-state index contributed by atoms with van der Waals surface area (Å²) in [5.74, 6) is 1.65. The van der Waals surface area contributed by atoms with E-state index in [-0.39, 0.29) is 5.91 Å². The van der Waals surface area contributed by atoms with Gasteiger partial charge in [-0.1, -0.05) is 25.4 Å². The fourth-order valence-electron chi connectivity index (χ4n) is 2.03. The van der Waals surface area contributed by atoms with E-state index < -0.39 is 0 Å². The summed E-state index contributed by atoms with van der Waals surface area (Å²) in [6.45, 7) is 5.71. The van der Waals surface area contributed by atoms with Gasteiger partial charge < -0.3 is 14.8 Å². The van der Waals surface area contributed by atoms with Crippen molar-refractivity contribution in [2.24, 2.45) is 5.92 Å². The zero-order valence-electron chi connectivity index (χ0n) is 11.9. The maximum Gasteiger partial charge on any atom is 0.220 e. The molecule has 0 aromatic heterocycles. The molecule has 0 saturated carbocycles. The second-order valence-corrected chi connectivity index (χ2v) is 5.74. The molecule has 1 N–H and O–H groups in total. The van der Waals surface area contributed by atoms with E-state index in [2.05, 4.69) is 5.32 Å². The van der Waals surface area contributed by atoms with E-state index in [1.165, 1.54) is 0 Å². The van der Waals surface area contributed by atoms with E-state index in [9.17, 15) is 4.79 Å². The Kier molecular flexibility index (Phi) is 5.12. The van der Waals surface area contributed by atoms with Gasteiger partial charge in [-0.05, 0) is 23.6 Å². The first kappa shape index (κ1) is 15.0. The zero-order valence-corrected chi connectivity index (χ0v) is 12.6. The summed E-state index contributed by atoms with van der Waals surface area (Å²) < 4.78 is 11.2. The minimum absolute atomic E-state index is 0.0447. The number of rotatable bonds is 4. The van der Waals surface area contributed by atoms with Crippen LogP contribution in [0.4, 0.5) is 0 Å². The summed E-state index contributed by atoms with van der Waals surface area (Å²) in [7, 11) is 0. The van der Waals surface area contributed by atoms with Crippen molar-refractivity contribution in [2.45, 2.75) is 33.2 Å². The number of nitrogens with one attached hydrogen (secondary N) is 1. The quantitative estimate of drug-likeness (QED) is 0.928. The highest BCUT2D eigenvalue weighted by Crippen LogP contribution is 2.37. The van der Waals surface area contributed by atoms with Crippen LogP contribution < -0.4 is 14.8 Å². The normalized spacial score (nSPS) is 14.0. The van der Waals surface area contributed by atoms with E-state index in [1.807, 2.05) is 26.0 Å². The molecule has 0 saturated heterocycles.